The van der Waals surface area contributed by atoms with E-state index in [1.54, 1.807) is 91.0 Å². The van der Waals surface area contributed by atoms with E-state index < -0.39 is 17.9 Å². The number of halogens is 1. The van der Waals surface area contributed by atoms with Crippen LogP contribution < -0.4 is 0 Å². The quantitative estimate of drug-likeness (QED) is 0.535. The number of rotatable bonds is 3. The molecule has 0 radical (unpaired) electrons. The predicted octanol–water partition coefficient (Wildman–Crippen LogP) is 4.73. The third kappa shape index (κ3) is 9.88. The molecule has 28 heavy (non-hydrogen) atoms. The fraction of sp³-hybridized carbons (Fsp3) is 0. The number of hydrogen-bond donors (Lipinski definition) is 3. The van der Waals surface area contributed by atoms with E-state index in [-0.39, 0.29) is 17.0 Å². The zero-order valence-electron chi connectivity index (χ0n) is 14.6. The average molecular weight is 447 g/mol. The molecule has 3 rings (SSSR count). The van der Waals surface area contributed by atoms with Crippen molar-refractivity contribution in [1.82, 2.24) is 0 Å². The van der Waals surface area contributed by atoms with Crippen molar-refractivity contribution >= 4 is 34.9 Å². The van der Waals surface area contributed by atoms with Gasteiger partial charge in [0, 0.05) is 0 Å². The highest BCUT2D eigenvalue weighted by Gasteiger charge is 1.98. The smallest absolute Gasteiger partial charge is 0.335 e. The summed E-state index contributed by atoms with van der Waals surface area (Å²) in [7, 11) is 0. The van der Waals surface area contributed by atoms with E-state index in [0.717, 1.165) is 0 Å². The van der Waals surface area contributed by atoms with E-state index in [0.29, 0.717) is 16.7 Å². The number of carboxylic acids is 3. The van der Waals surface area contributed by atoms with Crippen LogP contribution in [0.25, 0.3) is 0 Å². The standard InChI is InChI=1S/3C7H6O2.BrH/c3*8-7(9)6-4-2-1-3-5-6;/h3*1-5H,(H,8,9);1H. The lowest BCUT2D eigenvalue weighted by molar-refractivity contribution is 0.0686. The Labute approximate surface area is 172 Å². The Kier molecular flexibility index (Phi) is 12.0. The van der Waals surface area contributed by atoms with Gasteiger partial charge in [-0.3, -0.25) is 0 Å². The number of carbonyl (C=O) groups is 3. The summed E-state index contributed by atoms with van der Waals surface area (Å²) in [6.07, 6.45) is 0. The summed E-state index contributed by atoms with van der Waals surface area (Å²) in [6.45, 7) is 0. The Morgan fingerprint density at radius 3 is 0.714 bits per heavy atom. The third-order valence-corrected chi connectivity index (χ3v) is 3.06. The summed E-state index contributed by atoms with van der Waals surface area (Å²) in [5, 5.41) is 25.2. The first-order valence-corrected chi connectivity index (χ1v) is 7.77. The Hall–Kier alpha value is -3.45. The topological polar surface area (TPSA) is 112 Å². The lowest BCUT2D eigenvalue weighted by atomic mass is 10.2. The molecule has 0 unspecified atom stereocenters. The molecule has 0 fully saturated rings. The van der Waals surface area contributed by atoms with Crippen LogP contribution in [0.15, 0.2) is 91.0 Å². The van der Waals surface area contributed by atoms with E-state index in [4.69, 9.17) is 15.3 Å². The third-order valence-electron chi connectivity index (χ3n) is 3.06. The molecular formula is C21H19BrO6. The first-order chi connectivity index (χ1) is 12.9. The molecule has 0 aromatic heterocycles. The van der Waals surface area contributed by atoms with Gasteiger partial charge in [0.2, 0.25) is 0 Å². The van der Waals surface area contributed by atoms with E-state index in [2.05, 4.69) is 0 Å². The first kappa shape index (κ1) is 24.6. The van der Waals surface area contributed by atoms with Gasteiger partial charge >= 0.3 is 17.9 Å². The molecule has 0 atom stereocenters. The van der Waals surface area contributed by atoms with E-state index in [9.17, 15) is 14.4 Å². The molecule has 0 saturated heterocycles. The van der Waals surface area contributed by atoms with Crippen LogP contribution in [0, 0.1) is 0 Å². The van der Waals surface area contributed by atoms with Crippen molar-refractivity contribution < 1.29 is 29.7 Å². The summed E-state index contributed by atoms with van der Waals surface area (Å²) in [5.74, 6) is -2.64. The van der Waals surface area contributed by atoms with Gasteiger partial charge in [0.05, 0.1) is 16.7 Å². The molecule has 0 heterocycles. The van der Waals surface area contributed by atoms with Crippen molar-refractivity contribution in [2.45, 2.75) is 0 Å². The van der Waals surface area contributed by atoms with Crippen LogP contribution in [-0.2, 0) is 0 Å². The summed E-state index contributed by atoms with van der Waals surface area (Å²) in [4.78, 5) is 30.6. The molecule has 0 spiro atoms. The second-order valence-corrected chi connectivity index (χ2v) is 5.01. The zero-order valence-corrected chi connectivity index (χ0v) is 16.3. The highest BCUT2D eigenvalue weighted by Crippen LogP contribution is 1.97. The van der Waals surface area contributed by atoms with Crippen molar-refractivity contribution in [3.05, 3.63) is 108 Å². The van der Waals surface area contributed by atoms with Gasteiger partial charge < -0.3 is 15.3 Å². The van der Waals surface area contributed by atoms with Crippen LogP contribution in [0.5, 0.6) is 0 Å². The number of aromatic carboxylic acids is 3. The van der Waals surface area contributed by atoms with Crippen molar-refractivity contribution in [2.24, 2.45) is 0 Å². The van der Waals surface area contributed by atoms with Gasteiger partial charge in [-0.1, -0.05) is 54.6 Å². The van der Waals surface area contributed by atoms with Crippen molar-refractivity contribution in [2.75, 3.05) is 0 Å². The van der Waals surface area contributed by atoms with Gasteiger partial charge in [-0.15, -0.1) is 17.0 Å². The van der Waals surface area contributed by atoms with Crippen LogP contribution in [-0.4, -0.2) is 33.2 Å². The molecule has 0 amide bonds. The maximum Gasteiger partial charge on any atom is 0.335 e. The zero-order chi connectivity index (χ0) is 20.1. The molecule has 7 heteroatoms. The molecule has 3 aromatic rings. The molecule has 3 aromatic carbocycles. The SMILES string of the molecule is Br.O=C(O)c1ccccc1.O=C(O)c1ccccc1.O=C(O)c1ccccc1. The summed E-state index contributed by atoms with van der Waals surface area (Å²) in [6, 6.07) is 24.9. The second-order valence-electron chi connectivity index (χ2n) is 5.01. The Morgan fingerprint density at radius 1 is 0.429 bits per heavy atom. The molecule has 146 valence electrons. The highest BCUT2D eigenvalue weighted by atomic mass is 79.9. The van der Waals surface area contributed by atoms with Crippen molar-refractivity contribution in [3.63, 3.8) is 0 Å². The lowest BCUT2D eigenvalue weighted by Gasteiger charge is -1.88. The monoisotopic (exact) mass is 446 g/mol. The van der Waals surface area contributed by atoms with Crippen molar-refractivity contribution in [3.8, 4) is 0 Å². The molecule has 0 bridgehead atoms. The average Bonchev–Trinajstić information content (AvgIpc) is 2.71. The molecule has 6 nitrogen and oxygen atoms in total. The minimum Gasteiger partial charge on any atom is -0.478 e. The van der Waals surface area contributed by atoms with Crippen LogP contribution in [0.3, 0.4) is 0 Å². The molecular weight excluding hydrogens is 428 g/mol. The second kappa shape index (κ2) is 13.7. The van der Waals surface area contributed by atoms with Crippen molar-refractivity contribution in [1.29, 1.82) is 0 Å². The first-order valence-electron chi connectivity index (χ1n) is 7.77. The predicted molar refractivity (Wildman–Crippen MR) is 111 cm³/mol. The van der Waals surface area contributed by atoms with Crippen LogP contribution in [0.4, 0.5) is 0 Å². The van der Waals surface area contributed by atoms with E-state index in [1.807, 2.05) is 0 Å². The highest BCUT2D eigenvalue weighted by molar-refractivity contribution is 8.93. The maximum absolute atomic E-state index is 10.2. The summed E-state index contributed by atoms with van der Waals surface area (Å²) in [5.41, 5.74) is 0.993. The molecule has 0 aliphatic rings. The minimum atomic E-state index is -0.879. The van der Waals surface area contributed by atoms with Crippen LogP contribution in [0.1, 0.15) is 31.1 Å². The summed E-state index contributed by atoms with van der Waals surface area (Å²) < 4.78 is 0. The largest absolute Gasteiger partial charge is 0.478 e. The molecule has 0 saturated carbocycles. The van der Waals surface area contributed by atoms with E-state index >= 15 is 0 Å². The van der Waals surface area contributed by atoms with Gasteiger partial charge in [-0.2, -0.15) is 0 Å². The van der Waals surface area contributed by atoms with Crippen LogP contribution >= 0.6 is 17.0 Å². The molecule has 0 aliphatic carbocycles. The Bertz CT molecular complexity index is 734. The number of carboxylic acid groups (broad SMARTS) is 3. The van der Waals surface area contributed by atoms with Gasteiger partial charge in [-0.25, -0.2) is 14.4 Å². The normalized spacial score (nSPS) is 8.57. The maximum atomic E-state index is 10.2. The van der Waals surface area contributed by atoms with Gasteiger partial charge in [0.25, 0.3) is 0 Å². The molecule has 0 aliphatic heterocycles. The van der Waals surface area contributed by atoms with E-state index in [1.165, 1.54) is 0 Å². The number of benzene rings is 3. The summed E-state index contributed by atoms with van der Waals surface area (Å²) >= 11 is 0. The van der Waals surface area contributed by atoms with Crippen LogP contribution in [0.2, 0.25) is 0 Å². The number of hydrogen-bond acceptors (Lipinski definition) is 3. The minimum absolute atomic E-state index is 0. The Balaban J connectivity index is 0.000000384. The van der Waals surface area contributed by atoms with Gasteiger partial charge in [0.1, 0.15) is 0 Å². The van der Waals surface area contributed by atoms with Gasteiger partial charge in [-0.05, 0) is 36.4 Å². The fourth-order valence-electron chi connectivity index (χ4n) is 1.74. The Morgan fingerprint density at radius 2 is 0.607 bits per heavy atom. The molecule has 3 N–H and O–H groups in total. The fourth-order valence-corrected chi connectivity index (χ4v) is 1.74. The lowest BCUT2D eigenvalue weighted by Crippen LogP contribution is -1.93. The van der Waals surface area contributed by atoms with Gasteiger partial charge in [0.15, 0.2) is 0 Å².